The number of alkyl halides is 2. The smallest absolute Gasteiger partial charge is 0.281 e. The Hall–Kier alpha value is -3.03. The van der Waals surface area contributed by atoms with E-state index in [0.717, 1.165) is 23.2 Å². The molecule has 0 unspecified atom stereocenters. The van der Waals surface area contributed by atoms with Gasteiger partial charge in [0.1, 0.15) is 0 Å². The molecule has 0 aliphatic rings. The van der Waals surface area contributed by atoms with Crippen molar-refractivity contribution < 1.29 is 13.5 Å². The van der Waals surface area contributed by atoms with Gasteiger partial charge in [0, 0.05) is 54.3 Å². The molecule has 0 radical (unpaired) electrons. The SMILES string of the molecule is CCCn1cc(-n2cc(-c3ccc(OCC(F)(F)CC)nc3C)cn2)ccc1=O. The van der Waals surface area contributed by atoms with Crippen LogP contribution in [-0.2, 0) is 6.54 Å². The number of aromatic nitrogens is 4. The van der Waals surface area contributed by atoms with Crippen LogP contribution in [0.15, 0.2) is 47.7 Å². The Labute approximate surface area is 167 Å². The highest BCUT2D eigenvalue weighted by atomic mass is 19.3. The molecule has 3 rings (SSSR count). The predicted octanol–water partition coefficient (Wildman–Crippen LogP) is 4.24. The minimum absolute atomic E-state index is 0.0488. The maximum atomic E-state index is 13.4. The normalized spacial score (nSPS) is 11.6. The van der Waals surface area contributed by atoms with Crippen LogP contribution in [0.25, 0.3) is 16.8 Å². The van der Waals surface area contributed by atoms with E-state index < -0.39 is 12.5 Å². The van der Waals surface area contributed by atoms with Crippen LogP contribution in [0.1, 0.15) is 32.4 Å². The minimum atomic E-state index is -2.87. The van der Waals surface area contributed by atoms with Gasteiger partial charge < -0.3 is 9.30 Å². The lowest BCUT2D eigenvalue weighted by atomic mass is 10.1. The maximum Gasteiger partial charge on any atom is 0.281 e. The van der Waals surface area contributed by atoms with Gasteiger partial charge in [-0.1, -0.05) is 13.8 Å². The summed E-state index contributed by atoms with van der Waals surface area (Å²) in [4.78, 5) is 16.2. The van der Waals surface area contributed by atoms with Crippen molar-refractivity contribution in [2.45, 2.75) is 46.1 Å². The lowest BCUT2D eigenvalue weighted by molar-refractivity contribution is -0.0447. The Balaban J connectivity index is 1.82. The third-order valence-electron chi connectivity index (χ3n) is 4.60. The molecule has 0 aliphatic heterocycles. The largest absolute Gasteiger partial charge is 0.471 e. The van der Waals surface area contributed by atoms with Gasteiger partial charge in [0.05, 0.1) is 11.9 Å². The number of ether oxygens (including phenoxy) is 1. The summed E-state index contributed by atoms with van der Waals surface area (Å²) in [5.74, 6) is -2.71. The van der Waals surface area contributed by atoms with Crippen LogP contribution in [0.4, 0.5) is 8.78 Å². The van der Waals surface area contributed by atoms with E-state index in [4.69, 9.17) is 4.74 Å². The molecule has 0 spiro atoms. The standard InChI is InChI=1S/C21H24F2N4O2/c1-4-10-26-13-17(6-9-20(26)28)27-12-16(11-24-27)18-7-8-19(25-15(18)3)29-14-21(22,23)5-2/h6-9,11-13H,4-5,10,14H2,1-3H3. The van der Waals surface area contributed by atoms with Gasteiger partial charge in [-0.05, 0) is 25.5 Å². The quantitative estimate of drug-likeness (QED) is 0.565. The first-order valence-corrected chi connectivity index (χ1v) is 9.57. The zero-order valence-electron chi connectivity index (χ0n) is 16.7. The van der Waals surface area contributed by atoms with Crippen molar-refractivity contribution in [1.29, 1.82) is 0 Å². The van der Waals surface area contributed by atoms with Crippen molar-refractivity contribution in [3.8, 4) is 22.7 Å². The summed E-state index contributed by atoms with van der Waals surface area (Å²) < 4.78 is 35.2. The van der Waals surface area contributed by atoms with Crippen LogP contribution in [0, 0.1) is 6.92 Å². The van der Waals surface area contributed by atoms with Crippen molar-refractivity contribution in [1.82, 2.24) is 19.3 Å². The summed E-state index contributed by atoms with van der Waals surface area (Å²) in [5, 5.41) is 4.38. The molecular weight excluding hydrogens is 378 g/mol. The molecular formula is C21H24F2N4O2. The summed E-state index contributed by atoms with van der Waals surface area (Å²) >= 11 is 0. The molecule has 0 saturated heterocycles. The summed E-state index contributed by atoms with van der Waals surface area (Å²) in [6.45, 7) is 5.16. The summed E-state index contributed by atoms with van der Waals surface area (Å²) in [5.41, 5.74) is 3.03. The van der Waals surface area contributed by atoms with Crippen molar-refractivity contribution in [3.05, 3.63) is 58.9 Å². The number of pyridine rings is 2. The highest BCUT2D eigenvalue weighted by Crippen LogP contribution is 2.26. The number of hydrogen-bond donors (Lipinski definition) is 0. The zero-order valence-corrected chi connectivity index (χ0v) is 16.7. The Morgan fingerprint density at radius 3 is 2.62 bits per heavy atom. The molecule has 0 bridgehead atoms. The van der Waals surface area contributed by atoms with E-state index in [1.54, 1.807) is 46.8 Å². The molecule has 3 heterocycles. The Morgan fingerprint density at radius 2 is 1.93 bits per heavy atom. The minimum Gasteiger partial charge on any atom is -0.471 e. The Bertz CT molecular complexity index is 1040. The van der Waals surface area contributed by atoms with Crippen molar-refractivity contribution in [2.24, 2.45) is 0 Å². The molecule has 3 aromatic heterocycles. The third kappa shape index (κ3) is 4.88. The second-order valence-corrected chi connectivity index (χ2v) is 6.87. The maximum absolute atomic E-state index is 13.4. The fourth-order valence-corrected chi connectivity index (χ4v) is 2.88. The van der Waals surface area contributed by atoms with Crippen molar-refractivity contribution >= 4 is 0 Å². The Kier molecular flexibility index (Phi) is 6.10. The monoisotopic (exact) mass is 402 g/mol. The Morgan fingerprint density at radius 1 is 1.14 bits per heavy atom. The number of halogens is 2. The topological polar surface area (TPSA) is 61.9 Å². The van der Waals surface area contributed by atoms with Gasteiger partial charge in [-0.2, -0.15) is 5.10 Å². The third-order valence-corrected chi connectivity index (χ3v) is 4.60. The van der Waals surface area contributed by atoms with Gasteiger partial charge in [0.2, 0.25) is 5.88 Å². The molecule has 3 aromatic rings. The van der Waals surface area contributed by atoms with E-state index in [1.165, 1.54) is 13.0 Å². The van der Waals surface area contributed by atoms with Crippen LogP contribution in [0.2, 0.25) is 0 Å². The van der Waals surface area contributed by atoms with E-state index in [1.807, 2.05) is 13.1 Å². The molecule has 29 heavy (non-hydrogen) atoms. The summed E-state index contributed by atoms with van der Waals surface area (Å²) in [6.07, 6.45) is 5.89. The van der Waals surface area contributed by atoms with Crippen LogP contribution in [-0.4, -0.2) is 31.9 Å². The predicted molar refractivity (Wildman–Crippen MR) is 107 cm³/mol. The van der Waals surface area contributed by atoms with E-state index in [9.17, 15) is 13.6 Å². The lowest BCUT2D eigenvalue weighted by Crippen LogP contribution is -2.24. The van der Waals surface area contributed by atoms with E-state index in [-0.39, 0.29) is 17.9 Å². The molecule has 154 valence electrons. The van der Waals surface area contributed by atoms with Crippen LogP contribution >= 0.6 is 0 Å². The number of hydrogen-bond acceptors (Lipinski definition) is 4. The molecule has 0 aromatic carbocycles. The molecule has 8 heteroatoms. The zero-order chi connectivity index (χ0) is 21.0. The molecule has 0 N–H and O–H groups in total. The first kappa shape index (κ1) is 20.7. The van der Waals surface area contributed by atoms with Gasteiger partial charge >= 0.3 is 0 Å². The van der Waals surface area contributed by atoms with Gasteiger partial charge in [-0.3, -0.25) is 4.79 Å². The summed E-state index contributed by atoms with van der Waals surface area (Å²) in [6, 6.07) is 6.60. The van der Waals surface area contributed by atoms with E-state index >= 15 is 0 Å². The first-order valence-electron chi connectivity index (χ1n) is 9.57. The van der Waals surface area contributed by atoms with E-state index in [2.05, 4.69) is 10.1 Å². The molecule has 0 fully saturated rings. The average Bonchev–Trinajstić information content (AvgIpc) is 3.18. The second-order valence-electron chi connectivity index (χ2n) is 6.87. The molecule has 0 saturated carbocycles. The van der Waals surface area contributed by atoms with Gasteiger partial charge in [-0.15, -0.1) is 0 Å². The van der Waals surface area contributed by atoms with Crippen LogP contribution in [0.3, 0.4) is 0 Å². The van der Waals surface area contributed by atoms with Gasteiger partial charge in [0.15, 0.2) is 6.61 Å². The highest BCUT2D eigenvalue weighted by molar-refractivity contribution is 5.65. The fraction of sp³-hybridized carbons (Fsp3) is 0.381. The van der Waals surface area contributed by atoms with E-state index in [0.29, 0.717) is 12.2 Å². The van der Waals surface area contributed by atoms with Gasteiger partial charge in [0.25, 0.3) is 11.5 Å². The first-order chi connectivity index (χ1) is 13.8. The highest BCUT2D eigenvalue weighted by Gasteiger charge is 2.27. The second kappa shape index (κ2) is 8.55. The fourth-order valence-electron chi connectivity index (χ4n) is 2.88. The van der Waals surface area contributed by atoms with Crippen molar-refractivity contribution in [3.63, 3.8) is 0 Å². The average molecular weight is 402 g/mol. The molecule has 6 nitrogen and oxygen atoms in total. The molecule has 0 amide bonds. The van der Waals surface area contributed by atoms with Crippen molar-refractivity contribution in [2.75, 3.05) is 6.61 Å². The summed E-state index contributed by atoms with van der Waals surface area (Å²) in [7, 11) is 0. The number of aryl methyl sites for hydroxylation is 2. The lowest BCUT2D eigenvalue weighted by Gasteiger charge is -2.15. The molecule has 0 aliphatic carbocycles. The number of rotatable bonds is 8. The van der Waals surface area contributed by atoms with Crippen LogP contribution in [0.5, 0.6) is 5.88 Å². The number of nitrogens with zero attached hydrogens (tertiary/aromatic N) is 4. The molecule has 0 atom stereocenters. The van der Waals surface area contributed by atoms with Crippen LogP contribution < -0.4 is 10.3 Å². The van der Waals surface area contributed by atoms with Gasteiger partial charge in [-0.25, -0.2) is 18.4 Å².